The molecule has 3 aromatic carbocycles. The van der Waals surface area contributed by atoms with E-state index in [4.69, 9.17) is 0 Å². The molecule has 1 atom stereocenters. The molecule has 0 bridgehead atoms. The Balaban J connectivity index is 1.77. The molecule has 3 aromatic rings. The molecular formula is C31H37N. The Labute approximate surface area is 195 Å². The molecule has 0 aliphatic rings. The minimum atomic E-state index is 0.0803. The third kappa shape index (κ3) is 8.37. The van der Waals surface area contributed by atoms with Crippen molar-refractivity contribution in [1.82, 2.24) is 4.90 Å². The number of benzene rings is 3. The first-order valence-corrected chi connectivity index (χ1v) is 12.2. The maximum Gasteiger partial charge on any atom is 0.0976 e. The first-order chi connectivity index (χ1) is 15.9. The molecule has 0 radical (unpaired) electrons. The molecule has 0 aromatic heterocycles. The van der Waals surface area contributed by atoms with Gasteiger partial charge in [0.1, 0.15) is 0 Å². The number of rotatable bonds is 12. The zero-order chi connectivity index (χ0) is 22.3. The second-order valence-electron chi connectivity index (χ2n) is 8.53. The van der Waals surface area contributed by atoms with Gasteiger partial charge in [-0.1, -0.05) is 136 Å². The third-order valence-electron chi connectivity index (χ3n) is 5.83. The standard InChI is InChI=1S/C31H37N/c1-2-3-4-5-6-7-8-18-25-31(30-23-16-11-17-24-30)32(26-28-19-12-9-13-20-28)27-29-21-14-10-15-22-29/h9-17,19-24,31H,2-8,26-27H2,1H3. The lowest BCUT2D eigenvalue weighted by Crippen LogP contribution is -2.27. The van der Waals surface area contributed by atoms with Crippen LogP contribution in [0.15, 0.2) is 91.0 Å². The summed E-state index contributed by atoms with van der Waals surface area (Å²) in [7, 11) is 0. The van der Waals surface area contributed by atoms with Crippen LogP contribution in [0.3, 0.4) is 0 Å². The molecule has 1 unspecified atom stereocenters. The maximum absolute atomic E-state index is 3.65. The largest absolute Gasteiger partial charge is 0.277 e. The Kier molecular flexibility index (Phi) is 10.6. The summed E-state index contributed by atoms with van der Waals surface area (Å²) in [6, 6.07) is 32.4. The Bertz CT molecular complexity index is 880. The zero-order valence-corrected chi connectivity index (χ0v) is 19.5. The van der Waals surface area contributed by atoms with E-state index in [1.807, 2.05) is 0 Å². The van der Waals surface area contributed by atoms with Crippen molar-refractivity contribution in [2.75, 3.05) is 0 Å². The van der Waals surface area contributed by atoms with Crippen LogP contribution in [0.2, 0.25) is 0 Å². The molecule has 0 fully saturated rings. The van der Waals surface area contributed by atoms with E-state index in [-0.39, 0.29) is 6.04 Å². The minimum Gasteiger partial charge on any atom is -0.277 e. The first kappa shape index (κ1) is 23.8. The first-order valence-electron chi connectivity index (χ1n) is 12.2. The van der Waals surface area contributed by atoms with Gasteiger partial charge in [-0.2, -0.15) is 0 Å². The van der Waals surface area contributed by atoms with Crippen LogP contribution in [-0.2, 0) is 13.1 Å². The summed E-state index contributed by atoms with van der Waals surface area (Å²) in [5.74, 6) is 7.19. The van der Waals surface area contributed by atoms with Gasteiger partial charge >= 0.3 is 0 Å². The van der Waals surface area contributed by atoms with Crippen LogP contribution in [0.1, 0.15) is 74.6 Å². The van der Waals surface area contributed by atoms with Crippen LogP contribution in [0.5, 0.6) is 0 Å². The molecule has 0 aliphatic carbocycles. The van der Waals surface area contributed by atoms with E-state index in [0.717, 1.165) is 19.5 Å². The van der Waals surface area contributed by atoms with Gasteiger partial charge < -0.3 is 0 Å². The fourth-order valence-corrected chi connectivity index (χ4v) is 4.06. The number of nitrogens with zero attached hydrogens (tertiary/aromatic N) is 1. The molecule has 0 aliphatic heterocycles. The molecule has 32 heavy (non-hydrogen) atoms. The van der Waals surface area contributed by atoms with Gasteiger partial charge in [0.2, 0.25) is 0 Å². The Morgan fingerprint density at radius 3 is 1.69 bits per heavy atom. The fraction of sp³-hybridized carbons (Fsp3) is 0.355. The predicted octanol–water partition coefficient (Wildman–Crippen LogP) is 8.18. The van der Waals surface area contributed by atoms with Gasteiger partial charge in [0, 0.05) is 19.5 Å². The highest BCUT2D eigenvalue weighted by molar-refractivity contribution is 5.29. The van der Waals surface area contributed by atoms with Crippen LogP contribution in [0, 0.1) is 11.8 Å². The fourth-order valence-electron chi connectivity index (χ4n) is 4.06. The monoisotopic (exact) mass is 423 g/mol. The molecule has 0 spiro atoms. The number of unbranched alkanes of at least 4 members (excludes halogenated alkanes) is 6. The highest BCUT2D eigenvalue weighted by Gasteiger charge is 2.19. The van der Waals surface area contributed by atoms with E-state index in [2.05, 4.69) is 115 Å². The predicted molar refractivity (Wildman–Crippen MR) is 137 cm³/mol. The van der Waals surface area contributed by atoms with Crippen LogP contribution < -0.4 is 0 Å². The van der Waals surface area contributed by atoms with Crippen LogP contribution in [0.4, 0.5) is 0 Å². The van der Waals surface area contributed by atoms with Crippen molar-refractivity contribution in [2.24, 2.45) is 0 Å². The van der Waals surface area contributed by atoms with E-state index in [1.165, 1.54) is 55.2 Å². The topological polar surface area (TPSA) is 3.24 Å². The minimum absolute atomic E-state index is 0.0803. The molecule has 0 N–H and O–H groups in total. The summed E-state index contributed by atoms with van der Waals surface area (Å²) >= 11 is 0. The Morgan fingerprint density at radius 1 is 0.625 bits per heavy atom. The SMILES string of the molecule is CCCCCCCCC#CC(c1ccccc1)N(Cc1ccccc1)Cc1ccccc1. The summed E-state index contributed by atoms with van der Waals surface area (Å²) in [6.07, 6.45) is 8.84. The highest BCUT2D eigenvalue weighted by atomic mass is 15.1. The quantitative estimate of drug-likeness (QED) is 0.210. The summed E-state index contributed by atoms with van der Waals surface area (Å²) in [5, 5.41) is 0. The normalized spacial score (nSPS) is 11.7. The van der Waals surface area contributed by atoms with Gasteiger partial charge in [-0.3, -0.25) is 4.90 Å². The average Bonchev–Trinajstić information content (AvgIpc) is 2.85. The van der Waals surface area contributed by atoms with Crippen LogP contribution >= 0.6 is 0 Å². The van der Waals surface area contributed by atoms with E-state index < -0.39 is 0 Å². The summed E-state index contributed by atoms with van der Waals surface area (Å²) in [5.41, 5.74) is 3.92. The van der Waals surface area contributed by atoms with Crippen molar-refractivity contribution in [3.63, 3.8) is 0 Å². The van der Waals surface area contributed by atoms with Gasteiger partial charge in [-0.05, 0) is 23.1 Å². The molecule has 1 nitrogen and oxygen atoms in total. The van der Waals surface area contributed by atoms with Gasteiger partial charge in [0.25, 0.3) is 0 Å². The lowest BCUT2D eigenvalue weighted by molar-refractivity contribution is 0.219. The van der Waals surface area contributed by atoms with Gasteiger partial charge in [0.15, 0.2) is 0 Å². The van der Waals surface area contributed by atoms with Crippen molar-refractivity contribution in [1.29, 1.82) is 0 Å². The van der Waals surface area contributed by atoms with Gasteiger partial charge in [-0.25, -0.2) is 0 Å². The van der Waals surface area contributed by atoms with Crippen LogP contribution in [0.25, 0.3) is 0 Å². The van der Waals surface area contributed by atoms with Gasteiger partial charge in [0.05, 0.1) is 6.04 Å². The second-order valence-corrected chi connectivity index (χ2v) is 8.53. The Morgan fingerprint density at radius 2 is 1.12 bits per heavy atom. The van der Waals surface area contributed by atoms with Crippen molar-refractivity contribution in [2.45, 2.75) is 71.0 Å². The molecule has 0 saturated carbocycles. The van der Waals surface area contributed by atoms with E-state index >= 15 is 0 Å². The lowest BCUT2D eigenvalue weighted by atomic mass is 10.0. The second kappa shape index (κ2) is 14.3. The van der Waals surface area contributed by atoms with Crippen molar-refractivity contribution >= 4 is 0 Å². The number of hydrogen-bond acceptors (Lipinski definition) is 1. The summed E-state index contributed by atoms with van der Waals surface area (Å²) in [6.45, 7) is 4.02. The summed E-state index contributed by atoms with van der Waals surface area (Å²) in [4.78, 5) is 2.51. The van der Waals surface area contributed by atoms with E-state index in [9.17, 15) is 0 Å². The number of hydrogen-bond donors (Lipinski definition) is 0. The third-order valence-corrected chi connectivity index (χ3v) is 5.83. The zero-order valence-electron chi connectivity index (χ0n) is 19.5. The molecular weight excluding hydrogens is 386 g/mol. The molecule has 0 amide bonds. The van der Waals surface area contributed by atoms with E-state index in [0.29, 0.717) is 0 Å². The molecule has 0 heterocycles. The lowest BCUT2D eigenvalue weighted by Gasteiger charge is -2.29. The molecule has 1 heteroatoms. The van der Waals surface area contributed by atoms with E-state index in [1.54, 1.807) is 0 Å². The van der Waals surface area contributed by atoms with Gasteiger partial charge in [-0.15, -0.1) is 5.92 Å². The molecule has 3 rings (SSSR count). The highest BCUT2D eigenvalue weighted by Crippen LogP contribution is 2.25. The van der Waals surface area contributed by atoms with Crippen molar-refractivity contribution in [3.8, 4) is 11.8 Å². The molecule has 166 valence electrons. The average molecular weight is 424 g/mol. The molecule has 0 saturated heterocycles. The van der Waals surface area contributed by atoms with Crippen molar-refractivity contribution in [3.05, 3.63) is 108 Å². The summed E-state index contributed by atoms with van der Waals surface area (Å²) < 4.78 is 0. The Hall–Kier alpha value is -2.82. The maximum atomic E-state index is 3.65. The van der Waals surface area contributed by atoms with Crippen LogP contribution in [-0.4, -0.2) is 4.90 Å². The van der Waals surface area contributed by atoms with Crippen molar-refractivity contribution < 1.29 is 0 Å². The smallest absolute Gasteiger partial charge is 0.0976 e.